The van der Waals surface area contributed by atoms with Crippen molar-refractivity contribution in [2.75, 3.05) is 5.32 Å². The first-order chi connectivity index (χ1) is 13.3. The predicted octanol–water partition coefficient (Wildman–Crippen LogP) is 4.84. The summed E-state index contributed by atoms with van der Waals surface area (Å²) < 4.78 is 45.1. The Morgan fingerprint density at radius 3 is 2.46 bits per heavy atom. The summed E-state index contributed by atoms with van der Waals surface area (Å²) in [5, 5.41) is 20.7. The van der Waals surface area contributed by atoms with E-state index in [0.29, 0.717) is 5.56 Å². The summed E-state index contributed by atoms with van der Waals surface area (Å²) in [7, 11) is 0. The molecular formula is C19H15F3N4O2. The highest BCUT2D eigenvalue weighted by Gasteiger charge is 2.34. The molecule has 1 aromatic heterocycles. The van der Waals surface area contributed by atoms with Gasteiger partial charge in [0, 0.05) is 11.3 Å². The van der Waals surface area contributed by atoms with E-state index >= 15 is 0 Å². The third kappa shape index (κ3) is 4.13. The second-order valence-corrected chi connectivity index (χ2v) is 6.02. The van der Waals surface area contributed by atoms with Gasteiger partial charge in [-0.05, 0) is 31.2 Å². The fraction of sp³-hybridized carbons (Fsp3) is 0.211. The zero-order valence-corrected chi connectivity index (χ0v) is 14.6. The molecule has 144 valence electrons. The van der Waals surface area contributed by atoms with Gasteiger partial charge in [-0.15, -0.1) is 10.2 Å². The minimum atomic E-state index is -4.68. The number of hydrogen-bond acceptors (Lipinski definition) is 5. The molecule has 0 aliphatic rings. The van der Waals surface area contributed by atoms with Crippen molar-refractivity contribution >= 4 is 11.4 Å². The van der Waals surface area contributed by atoms with Gasteiger partial charge in [0.25, 0.3) is 0 Å². The van der Waals surface area contributed by atoms with Crippen LogP contribution in [0.3, 0.4) is 0 Å². The number of nitrogens with zero attached hydrogens (tertiary/aromatic N) is 3. The zero-order chi connectivity index (χ0) is 20.3. The van der Waals surface area contributed by atoms with Crippen molar-refractivity contribution in [2.45, 2.75) is 25.2 Å². The first-order valence-corrected chi connectivity index (χ1v) is 8.21. The van der Waals surface area contributed by atoms with Gasteiger partial charge >= 0.3 is 6.18 Å². The Bertz CT molecular complexity index is 994. The maximum absolute atomic E-state index is 13.2. The standard InChI is InChI=1S/C19H15F3N4O2/c1-11(27)16(18-26-25-17(28-18)12-6-4-3-5-7-12)24-13-8-9-15(23-2)14(10-13)19(20,21)22/h3-11,16,24,27H,1H3/t11-,16+/m0/s1. The van der Waals surface area contributed by atoms with E-state index in [4.69, 9.17) is 11.0 Å². The van der Waals surface area contributed by atoms with Crippen LogP contribution in [0.5, 0.6) is 0 Å². The number of aliphatic hydroxyl groups excluding tert-OH is 1. The number of alkyl halides is 3. The lowest BCUT2D eigenvalue weighted by molar-refractivity contribution is -0.136. The predicted molar refractivity (Wildman–Crippen MR) is 95.5 cm³/mol. The molecular weight excluding hydrogens is 373 g/mol. The van der Waals surface area contributed by atoms with Gasteiger partial charge < -0.3 is 14.8 Å². The fourth-order valence-corrected chi connectivity index (χ4v) is 2.58. The largest absolute Gasteiger partial charge is 0.418 e. The van der Waals surface area contributed by atoms with E-state index in [1.165, 1.54) is 13.0 Å². The Balaban J connectivity index is 1.91. The number of anilines is 1. The molecule has 2 aromatic carbocycles. The van der Waals surface area contributed by atoms with E-state index in [1.807, 2.05) is 6.07 Å². The van der Waals surface area contributed by atoms with Crippen molar-refractivity contribution in [1.29, 1.82) is 0 Å². The number of nitrogens with one attached hydrogen (secondary N) is 1. The van der Waals surface area contributed by atoms with Crippen LogP contribution < -0.4 is 5.32 Å². The summed E-state index contributed by atoms with van der Waals surface area (Å²) in [6.45, 7) is 8.34. The van der Waals surface area contributed by atoms with Gasteiger partial charge in [-0.25, -0.2) is 4.85 Å². The topological polar surface area (TPSA) is 75.5 Å². The van der Waals surface area contributed by atoms with Gasteiger partial charge in [0.1, 0.15) is 6.04 Å². The molecule has 2 N–H and O–H groups in total. The van der Waals surface area contributed by atoms with E-state index in [-0.39, 0.29) is 17.5 Å². The molecule has 0 amide bonds. The summed E-state index contributed by atoms with van der Waals surface area (Å²) in [4.78, 5) is 2.90. The highest BCUT2D eigenvalue weighted by atomic mass is 19.4. The Kier molecular flexibility index (Phi) is 5.33. The molecule has 2 atom stereocenters. The lowest BCUT2D eigenvalue weighted by Gasteiger charge is -2.20. The molecule has 0 aliphatic carbocycles. The van der Waals surface area contributed by atoms with Crippen LogP contribution >= 0.6 is 0 Å². The molecule has 0 unspecified atom stereocenters. The van der Waals surface area contributed by atoms with E-state index in [0.717, 1.165) is 12.1 Å². The number of rotatable bonds is 5. The van der Waals surface area contributed by atoms with Crippen LogP contribution in [-0.4, -0.2) is 21.4 Å². The summed E-state index contributed by atoms with van der Waals surface area (Å²) in [6, 6.07) is 11.2. The van der Waals surface area contributed by atoms with E-state index in [9.17, 15) is 18.3 Å². The van der Waals surface area contributed by atoms with Gasteiger partial charge in [0.15, 0.2) is 5.69 Å². The Morgan fingerprint density at radius 1 is 1.14 bits per heavy atom. The molecule has 0 fully saturated rings. The van der Waals surface area contributed by atoms with Crippen molar-refractivity contribution in [1.82, 2.24) is 10.2 Å². The minimum absolute atomic E-state index is 0.0247. The molecule has 0 aliphatic heterocycles. The van der Waals surface area contributed by atoms with Crippen molar-refractivity contribution in [3.8, 4) is 11.5 Å². The molecule has 0 radical (unpaired) electrons. The Hall–Kier alpha value is -3.38. The maximum Gasteiger partial charge on any atom is 0.407 e. The van der Waals surface area contributed by atoms with E-state index in [1.54, 1.807) is 24.3 Å². The number of aromatic nitrogens is 2. The average Bonchev–Trinajstić information content (AvgIpc) is 3.15. The van der Waals surface area contributed by atoms with Crippen molar-refractivity contribution in [2.24, 2.45) is 0 Å². The van der Waals surface area contributed by atoms with Crippen LogP contribution in [0.2, 0.25) is 0 Å². The van der Waals surface area contributed by atoms with Crippen LogP contribution in [0.1, 0.15) is 24.4 Å². The summed E-state index contributed by atoms with van der Waals surface area (Å²) in [5.74, 6) is 0.249. The molecule has 0 saturated heterocycles. The Morgan fingerprint density at radius 2 is 1.86 bits per heavy atom. The highest BCUT2D eigenvalue weighted by molar-refractivity contribution is 5.62. The molecule has 0 saturated carbocycles. The summed E-state index contributed by atoms with van der Waals surface area (Å²) in [5.41, 5.74) is -0.834. The maximum atomic E-state index is 13.2. The molecule has 0 bridgehead atoms. The highest BCUT2D eigenvalue weighted by Crippen LogP contribution is 2.38. The summed E-state index contributed by atoms with van der Waals surface area (Å²) >= 11 is 0. The number of halogens is 3. The van der Waals surface area contributed by atoms with Crippen molar-refractivity contribution in [3.05, 3.63) is 71.4 Å². The molecule has 1 heterocycles. The minimum Gasteiger partial charge on any atom is -0.418 e. The third-order valence-corrected chi connectivity index (χ3v) is 3.95. The van der Waals surface area contributed by atoms with Crippen LogP contribution in [0.4, 0.5) is 24.5 Å². The summed E-state index contributed by atoms with van der Waals surface area (Å²) in [6.07, 6.45) is -5.72. The second-order valence-electron chi connectivity index (χ2n) is 6.02. The SMILES string of the molecule is [C-]#[N+]c1ccc(N[C@@H](c2nnc(-c3ccccc3)o2)[C@H](C)O)cc1C(F)(F)F. The van der Waals surface area contributed by atoms with Gasteiger partial charge in [-0.1, -0.05) is 24.3 Å². The molecule has 28 heavy (non-hydrogen) atoms. The molecule has 3 aromatic rings. The molecule has 0 spiro atoms. The first-order valence-electron chi connectivity index (χ1n) is 8.21. The second kappa shape index (κ2) is 7.70. The van der Waals surface area contributed by atoms with Gasteiger partial charge in [-0.2, -0.15) is 13.2 Å². The van der Waals surface area contributed by atoms with Gasteiger partial charge in [-0.3, -0.25) is 0 Å². The van der Waals surface area contributed by atoms with Gasteiger partial charge in [0.05, 0.1) is 18.2 Å². The number of hydrogen-bond donors (Lipinski definition) is 2. The zero-order valence-electron chi connectivity index (χ0n) is 14.6. The molecule has 3 rings (SSSR count). The van der Waals surface area contributed by atoms with Crippen LogP contribution in [0.25, 0.3) is 16.3 Å². The monoisotopic (exact) mass is 388 g/mol. The van der Waals surface area contributed by atoms with Crippen LogP contribution in [0, 0.1) is 6.57 Å². The van der Waals surface area contributed by atoms with E-state index in [2.05, 4.69) is 20.4 Å². The third-order valence-electron chi connectivity index (χ3n) is 3.95. The lowest BCUT2D eigenvalue weighted by atomic mass is 10.1. The van der Waals surface area contributed by atoms with E-state index < -0.39 is 29.6 Å². The van der Waals surface area contributed by atoms with Gasteiger partial charge in [0.2, 0.25) is 11.8 Å². The molecule has 9 heteroatoms. The average molecular weight is 388 g/mol. The lowest BCUT2D eigenvalue weighted by Crippen LogP contribution is -2.23. The Labute approximate surface area is 158 Å². The first kappa shape index (κ1) is 19.4. The smallest absolute Gasteiger partial charge is 0.407 e. The fourth-order valence-electron chi connectivity index (χ4n) is 2.58. The van der Waals surface area contributed by atoms with Crippen molar-refractivity contribution in [3.63, 3.8) is 0 Å². The number of benzene rings is 2. The number of aliphatic hydroxyl groups is 1. The molecule has 6 nitrogen and oxygen atoms in total. The van der Waals surface area contributed by atoms with Crippen LogP contribution in [0.15, 0.2) is 52.9 Å². The quantitative estimate of drug-likeness (QED) is 0.612. The van der Waals surface area contributed by atoms with Crippen LogP contribution in [-0.2, 0) is 6.18 Å². The van der Waals surface area contributed by atoms with Crippen molar-refractivity contribution < 1.29 is 22.7 Å². The normalized spacial score (nSPS) is 13.6.